The molecule has 2 aromatic rings. The summed E-state index contributed by atoms with van der Waals surface area (Å²) >= 11 is 0. The Morgan fingerprint density at radius 2 is 2.15 bits per heavy atom. The van der Waals surface area contributed by atoms with Gasteiger partial charge in [0.15, 0.2) is 11.5 Å². The highest BCUT2D eigenvalue weighted by molar-refractivity contribution is 5.92. The minimum Gasteiger partial charge on any atom is -0.504 e. The number of tetrazole rings is 1. The number of benzene rings is 1. The highest BCUT2D eigenvalue weighted by atomic mass is 16.6. The number of aromatic nitrogens is 4. The minimum atomic E-state index is -0.634. The van der Waals surface area contributed by atoms with Gasteiger partial charge in [-0.3, -0.25) is 0 Å². The van der Waals surface area contributed by atoms with Crippen molar-refractivity contribution in [2.24, 2.45) is 0 Å². The molecule has 0 radical (unpaired) electrons. The second-order valence-electron chi connectivity index (χ2n) is 5.57. The van der Waals surface area contributed by atoms with E-state index >= 15 is 0 Å². The standard InChI is InChI=1S/C16H19N5O5/c1-9-13(15(23)26-7-6-24-2)14(21-16(17-9)18-19-20-21)10-4-5-11(22)12(8-10)25-3/h4-5,8,14,22H,6-7H2,1-3H3,(H,17,18,20). The zero-order chi connectivity index (χ0) is 18.7. The molecule has 26 heavy (non-hydrogen) atoms. The second-order valence-corrected chi connectivity index (χ2v) is 5.57. The Kier molecular flexibility index (Phi) is 5.03. The maximum Gasteiger partial charge on any atom is 0.338 e. The Morgan fingerprint density at radius 1 is 1.35 bits per heavy atom. The number of phenolic OH excluding ortho intramolecular Hbond substituents is 1. The number of hydrogen-bond acceptors (Lipinski definition) is 9. The lowest BCUT2D eigenvalue weighted by Gasteiger charge is -2.27. The number of aromatic hydroxyl groups is 1. The number of allylic oxidation sites excluding steroid dienone is 1. The highest BCUT2D eigenvalue weighted by Crippen LogP contribution is 2.38. The van der Waals surface area contributed by atoms with Crippen molar-refractivity contribution in [2.45, 2.75) is 13.0 Å². The Labute approximate surface area is 149 Å². The molecule has 2 N–H and O–H groups in total. The Morgan fingerprint density at radius 3 is 2.88 bits per heavy atom. The number of phenols is 1. The number of ether oxygens (including phenoxy) is 3. The van der Waals surface area contributed by atoms with Crippen LogP contribution in [0.15, 0.2) is 29.5 Å². The summed E-state index contributed by atoms with van der Waals surface area (Å²) in [6, 6.07) is 4.16. The van der Waals surface area contributed by atoms with Gasteiger partial charge in [-0.25, -0.2) is 4.79 Å². The van der Waals surface area contributed by atoms with Gasteiger partial charge in [-0.15, -0.1) is 0 Å². The Balaban J connectivity index is 2.04. The fraction of sp³-hybridized carbons (Fsp3) is 0.375. The molecule has 1 aromatic heterocycles. The molecule has 0 bridgehead atoms. The molecule has 10 heteroatoms. The number of anilines is 1. The van der Waals surface area contributed by atoms with Gasteiger partial charge in [0.2, 0.25) is 5.95 Å². The zero-order valence-electron chi connectivity index (χ0n) is 14.6. The van der Waals surface area contributed by atoms with Gasteiger partial charge in [-0.2, -0.15) is 4.68 Å². The molecule has 138 valence electrons. The van der Waals surface area contributed by atoms with Crippen LogP contribution in [0.2, 0.25) is 0 Å². The number of esters is 1. The second kappa shape index (κ2) is 7.40. The third-order valence-electron chi connectivity index (χ3n) is 3.97. The van der Waals surface area contributed by atoms with E-state index in [1.165, 1.54) is 25.0 Å². The molecular formula is C16H19N5O5. The molecule has 3 rings (SSSR count). The van der Waals surface area contributed by atoms with Gasteiger partial charge in [0.25, 0.3) is 0 Å². The topological polar surface area (TPSA) is 121 Å². The van der Waals surface area contributed by atoms with Crippen molar-refractivity contribution < 1.29 is 24.1 Å². The van der Waals surface area contributed by atoms with Crippen LogP contribution in [0.5, 0.6) is 11.5 Å². The summed E-state index contributed by atoms with van der Waals surface area (Å²) in [5.74, 6) is 0.158. The normalized spacial score (nSPS) is 16.0. The van der Waals surface area contributed by atoms with Crippen LogP contribution in [0.1, 0.15) is 18.5 Å². The number of nitrogens with zero attached hydrogens (tertiary/aromatic N) is 4. The van der Waals surface area contributed by atoms with Gasteiger partial charge in [0.05, 0.1) is 19.3 Å². The number of nitrogens with one attached hydrogen (secondary N) is 1. The van der Waals surface area contributed by atoms with Crippen molar-refractivity contribution in [3.63, 3.8) is 0 Å². The first kappa shape index (κ1) is 17.7. The molecule has 0 fully saturated rings. The number of rotatable bonds is 6. The van der Waals surface area contributed by atoms with E-state index in [1.54, 1.807) is 19.1 Å². The summed E-state index contributed by atoms with van der Waals surface area (Å²) in [7, 11) is 2.98. The molecule has 10 nitrogen and oxygen atoms in total. The monoisotopic (exact) mass is 361 g/mol. The van der Waals surface area contributed by atoms with Crippen molar-refractivity contribution in [1.82, 2.24) is 20.2 Å². The lowest BCUT2D eigenvalue weighted by atomic mass is 9.95. The number of carbonyl (C=O) groups excluding carboxylic acids is 1. The summed E-state index contributed by atoms with van der Waals surface area (Å²) in [4.78, 5) is 12.7. The molecule has 0 amide bonds. The van der Waals surface area contributed by atoms with Gasteiger partial charge >= 0.3 is 5.97 Å². The fourth-order valence-electron chi connectivity index (χ4n) is 2.74. The molecular weight excluding hydrogens is 342 g/mol. The van der Waals surface area contributed by atoms with Crippen LogP contribution in [0, 0.1) is 0 Å². The largest absolute Gasteiger partial charge is 0.504 e. The van der Waals surface area contributed by atoms with Gasteiger partial charge in [-0.05, 0) is 35.0 Å². The Bertz CT molecular complexity index is 847. The van der Waals surface area contributed by atoms with Crippen molar-refractivity contribution in [1.29, 1.82) is 0 Å². The molecule has 0 spiro atoms. The number of fused-ring (bicyclic) bond motifs is 1. The lowest BCUT2D eigenvalue weighted by Crippen LogP contribution is -2.30. The molecule has 1 aliphatic rings. The molecule has 1 unspecified atom stereocenters. The van der Waals surface area contributed by atoms with Crippen molar-refractivity contribution in [3.05, 3.63) is 35.0 Å². The molecule has 1 aromatic carbocycles. The molecule has 0 saturated heterocycles. The average Bonchev–Trinajstić information content (AvgIpc) is 3.09. The van der Waals surface area contributed by atoms with Crippen LogP contribution in [-0.4, -0.2) is 58.7 Å². The van der Waals surface area contributed by atoms with Crippen LogP contribution >= 0.6 is 0 Å². The predicted molar refractivity (Wildman–Crippen MR) is 89.8 cm³/mol. The van der Waals surface area contributed by atoms with Crippen LogP contribution in [0.25, 0.3) is 0 Å². The van der Waals surface area contributed by atoms with Gasteiger partial charge in [0.1, 0.15) is 12.6 Å². The molecule has 1 aliphatic heterocycles. The number of hydrogen-bond donors (Lipinski definition) is 2. The maximum atomic E-state index is 12.7. The summed E-state index contributed by atoms with van der Waals surface area (Å²) in [6.45, 7) is 2.16. The first-order valence-electron chi connectivity index (χ1n) is 7.85. The van der Waals surface area contributed by atoms with E-state index in [1.807, 2.05) is 0 Å². The van der Waals surface area contributed by atoms with E-state index < -0.39 is 12.0 Å². The lowest BCUT2D eigenvalue weighted by molar-refractivity contribution is -0.140. The third-order valence-corrected chi connectivity index (χ3v) is 3.97. The highest BCUT2D eigenvalue weighted by Gasteiger charge is 2.35. The maximum absolute atomic E-state index is 12.7. The molecule has 0 aliphatic carbocycles. The molecule has 2 heterocycles. The van der Waals surface area contributed by atoms with Crippen LogP contribution in [-0.2, 0) is 14.3 Å². The quantitative estimate of drug-likeness (QED) is 0.570. The molecule has 1 atom stereocenters. The van der Waals surface area contributed by atoms with E-state index in [2.05, 4.69) is 20.8 Å². The summed E-state index contributed by atoms with van der Waals surface area (Å²) < 4.78 is 16.9. The SMILES string of the molecule is COCCOC(=O)C1=C(C)Nc2nnnn2C1c1ccc(O)c(OC)c1. The van der Waals surface area contributed by atoms with Crippen molar-refractivity contribution >= 4 is 11.9 Å². The van der Waals surface area contributed by atoms with E-state index in [0.717, 1.165) is 0 Å². The Hall–Kier alpha value is -3.14. The smallest absolute Gasteiger partial charge is 0.338 e. The van der Waals surface area contributed by atoms with Gasteiger partial charge in [0, 0.05) is 12.8 Å². The van der Waals surface area contributed by atoms with E-state index in [4.69, 9.17) is 14.2 Å². The first-order chi connectivity index (χ1) is 12.6. The summed E-state index contributed by atoms with van der Waals surface area (Å²) in [5.41, 5.74) is 1.59. The third kappa shape index (κ3) is 3.18. The summed E-state index contributed by atoms with van der Waals surface area (Å²) in [6.07, 6.45) is 0. The predicted octanol–water partition coefficient (Wildman–Crippen LogP) is 0.866. The van der Waals surface area contributed by atoms with Gasteiger partial charge in [-0.1, -0.05) is 11.2 Å². The first-order valence-corrected chi connectivity index (χ1v) is 7.85. The summed E-state index contributed by atoms with van der Waals surface area (Å²) in [5, 5.41) is 24.4. The zero-order valence-corrected chi connectivity index (χ0v) is 14.6. The van der Waals surface area contributed by atoms with E-state index in [9.17, 15) is 9.90 Å². The van der Waals surface area contributed by atoms with E-state index in [-0.39, 0.29) is 18.1 Å². The van der Waals surface area contributed by atoms with E-state index in [0.29, 0.717) is 29.4 Å². The van der Waals surface area contributed by atoms with Gasteiger partial charge < -0.3 is 24.6 Å². The minimum absolute atomic E-state index is 0.00736. The van der Waals surface area contributed by atoms with Crippen molar-refractivity contribution in [2.75, 3.05) is 32.8 Å². The molecule has 0 saturated carbocycles. The average molecular weight is 361 g/mol. The van der Waals surface area contributed by atoms with Crippen LogP contribution < -0.4 is 10.1 Å². The fourth-order valence-corrected chi connectivity index (χ4v) is 2.74. The number of carbonyl (C=O) groups is 1. The van der Waals surface area contributed by atoms with Crippen LogP contribution in [0.4, 0.5) is 5.95 Å². The van der Waals surface area contributed by atoms with Crippen LogP contribution in [0.3, 0.4) is 0 Å². The van der Waals surface area contributed by atoms with Crippen molar-refractivity contribution in [3.8, 4) is 11.5 Å². The number of methoxy groups -OCH3 is 2.